The molecule has 4 rings (SSSR count). The van der Waals surface area contributed by atoms with E-state index in [-0.39, 0.29) is 19.1 Å². The Balaban J connectivity index is 1.45. The van der Waals surface area contributed by atoms with Crippen LogP contribution >= 0.6 is 11.6 Å². The standard InChI is InChI=1S/C25H25ClN4O4/c26-19-8-5-7-17(12-19)24(29-22(31)15-34-16-23(32)30-10-3-4-11-30)25(33)28-21-14-27-13-18-6-1-2-9-20(18)21/h1-2,5-9,12-14,24H,3-4,10-11,15-16H2,(H,28,33)(H,29,31). The van der Waals surface area contributed by atoms with E-state index in [1.165, 1.54) is 0 Å². The summed E-state index contributed by atoms with van der Waals surface area (Å²) in [7, 11) is 0. The van der Waals surface area contributed by atoms with Crippen molar-refractivity contribution in [2.75, 3.05) is 31.6 Å². The van der Waals surface area contributed by atoms with E-state index in [0.29, 0.717) is 29.4 Å². The van der Waals surface area contributed by atoms with Gasteiger partial charge in [0, 0.05) is 35.1 Å². The summed E-state index contributed by atoms with van der Waals surface area (Å²) in [6.07, 6.45) is 5.23. The van der Waals surface area contributed by atoms with Crippen molar-refractivity contribution in [2.24, 2.45) is 0 Å². The first kappa shape index (κ1) is 23.7. The Morgan fingerprint density at radius 1 is 1.03 bits per heavy atom. The van der Waals surface area contributed by atoms with Crippen molar-refractivity contribution >= 4 is 45.8 Å². The largest absolute Gasteiger partial charge is 0.362 e. The molecule has 3 amide bonds. The number of anilines is 1. The van der Waals surface area contributed by atoms with Gasteiger partial charge >= 0.3 is 0 Å². The van der Waals surface area contributed by atoms with Gasteiger partial charge in [-0.05, 0) is 30.5 Å². The molecule has 1 saturated heterocycles. The molecule has 3 aromatic rings. The number of halogens is 1. The van der Waals surface area contributed by atoms with Crippen molar-refractivity contribution in [1.82, 2.24) is 15.2 Å². The summed E-state index contributed by atoms with van der Waals surface area (Å²) in [4.78, 5) is 43.9. The van der Waals surface area contributed by atoms with Crippen LogP contribution in [0.3, 0.4) is 0 Å². The molecule has 8 nitrogen and oxygen atoms in total. The summed E-state index contributed by atoms with van der Waals surface area (Å²) in [5, 5.41) is 7.68. The van der Waals surface area contributed by atoms with Gasteiger partial charge < -0.3 is 20.3 Å². The number of rotatable bonds is 8. The molecule has 34 heavy (non-hydrogen) atoms. The highest BCUT2D eigenvalue weighted by Gasteiger charge is 2.24. The van der Waals surface area contributed by atoms with E-state index in [1.54, 1.807) is 41.6 Å². The summed E-state index contributed by atoms with van der Waals surface area (Å²) in [6, 6.07) is 13.2. The predicted molar refractivity (Wildman–Crippen MR) is 129 cm³/mol. The van der Waals surface area contributed by atoms with Crippen LogP contribution in [0.2, 0.25) is 5.02 Å². The number of aromatic nitrogens is 1. The Bertz CT molecular complexity index is 1190. The van der Waals surface area contributed by atoms with E-state index in [9.17, 15) is 14.4 Å². The summed E-state index contributed by atoms with van der Waals surface area (Å²) < 4.78 is 5.31. The summed E-state index contributed by atoms with van der Waals surface area (Å²) in [5.41, 5.74) is 1.04. The van der Waals surface area contributed by atoms with E-state index in [4.69, 9.17) is 16.3 Å². The molecule has 0 bridgehead atoms. The highest BCUT2D eigenvalue weighted by atomic mass is 35.5. The van der Waals surface area contributed by atoms with Gasteiger partial charge in [0.1, 0.15) is 19.3 Å². The Labute approximate surface area is 202 Å². The van der Waals surface area contributed by atoms with Crippen LogP contribution in [-0.4, -0.2) is 53.9 Å². The predicted octanol–water partition coefficient (Wildman–Crippen LogP) is 3.32. The monoisotopic (exact) mass is 480 g/mol. The minimum Gasteiger partial charge on any atom is -0.362 e. The average Bonchev–Trinajstić information content (AvgIpc) is 3.38. The molecule has 0 saturated carbocycles. The number of nitrogens with one attached hydrogen (secondary N) is 2. The lowest BCUT2D eigenvalue weighted by atomic mass is 10.1. The molecule has 1 unspecified atom stereocenters. The van der Waals surface area contributed by atoms with Crippen LogP contribution in [0.5, 0.6) is 0 Å². The Kier molecular flexibility index (Phi) is 7.72. The summed E-state index contributed by atoms with van der Waals surface area (Å²) in [6.45, 7) is 0.908. The lowest BCUT2D eigenvalue weighted by Crippen LogP contribution is -2.39. The fraction of sp³-hybridized carbons (Fsp3) is 0.280. The smallest absolute Gasteiger partial charge is 0.251 e. The number of amides is 3. The van der Waals surface area contributed by atoms with E-state index < -0.39 is 17.9 Å². The van der Waals surface area contributed by atoms with Crippen molar-refractivity contribution in [3.05, 3.63) is 71.5 Å². The molecule has 1 aliphatic rings. The number of carbonyl (C=O) groups is 3. The molecule has 0 aliphatic carbocycles. The van der Waals surface area contributed by atoms with Crippen LogP contribution in [0, 0.1) is 0 Å². The van der Waals surface area contributed by atoms with Gasteiger partial charge in [-0.3, -0.25) is 19.4 Å². The minimum absolute atomic E-state index is 0.141. The van der Waals surface area contributed by atoms with E-state index in [0.717, 1.165) is 23.6 Å². The van der Waals surface area contributed by atoms with Crippen LogP contribution in [0.1, 0.15) is 24.4 Å². The Morgan fingerprint density at radius 2 is 1.82 bits per heavy atom. The van der Waals surface area contributed by atoms with Crippen molar-refractivity contribution in [2.45, 2.75) is 18.9 Å². The molecule has 1 atom stereocenters. The quantitative estimate of drug-likeness (QED) is 0.515. The molecule has 1 aliphatic heterocycles. The summed E-state index contributed by atoms with van der Waals surface area (Å²) in [5.74, 6) is -1.12. The highest BCUT2D eigenvalue weighted by Crippen LogP contribution is 2.24. The van der Waals surface area contributed by atoms with Gasteiger partial charge in [-0.2, -0.15) is 0 Å². The Morgan fingerprint density at radius 3 is 2.62 bits per heavy atom. The van der Waals surface area contributed by atoms with Crippen molar-refractivity contribution in [3.63, 3.8) is 0 Å². The Hall–Kier alpha value is -3.49. The van der Waals surface area contributed by atoms with Crippen LogP contribution in [-0.2, 0) is 19.1 Å². The zero-order valence-electron chi connectivity index (χ0n) is 18.5. The molecular weight excluding hydrogens is 456 g/mol. The van der Waals surface area contributed by atoms with Crippen LogP contribution in [0.4, 0.5) is 5.69 Å². The molecule has 2 aromatic carbocycles. The first-order valence-corrected chi connectivity index (χ1v) is 11.4. The van der Waals surface area contributed by atoms with Crippen LogP contribution in [0.15, 0.2) is 60.9 Å². The number of carbonyl (C=O) groups excluding carboxylic acids is 3. The van der Waals surface area contributed by atoms with Gasteiger partial charge in [-0.25, -0.2) is 0 Å². The van der Waals surface area contributed by atoms with Gasteiger partial charge in [0.05, 0.1) is 11.9 Å². The molecule has 9 heteroatoms. The number of likely N-dealkylation sites (tertiary alicyclic amines) is 1. The fourth-order valence-corrected chi connectivity index (χ4v) is 4.10. The van der Waals surface area contributed by atoms with Crippen LogP contribution in [0.25, 0.3) is 10.8 Å². The highest BCUT2D eigenvalue weighted by molar-refractivity contribution is 6.30. The molecule has 1 aromatic heterocycles. The molecule has 2 heterocycles. The zero-order valence-corrected chi connectivity index (χ0v) is 19.3. The molecule has 0 radical (unpaired) electrons. The number of fused-ring (bicyclic) bond motifs is 1. The molecule has 0 spiro atoms. The number of hydrogen-bond acceptors (Lipinski definition) is 5. The van der Waals surface area contributed by atoms with E-state index >= 15 is 0 Å². The third-order valence-electron chi connectivity index (χ3n) is 5.59. The first-order chi connectivity index (χ1) is 16.5. The molecule has 1 fully saturated rings. The maximum absolute atomic E-state index is 13.3. The van der Waals surface area contributed by atoms with Gasteiger partial charge in [0.15, 0.2) is 0 Å². The van der Waals surface area contributed by atoms with Gasteiger partial charge in [0.25, 0.3) is 5.91 Å². The maximum atomic E-state index is 13.3. The van der Waals surface area contributed by atoms with Crippen molar-refractivity contribution in [1.29, 1.82) is 0 Å². The molecule has 176 valence electrons. The zero-order chi connectivity index (χ0) is 23.9. The van der Waals surface area contributed by atoms with Gasteiger partial charge in [-0.15, -0.1) is 0 Å². The second-order valence-electron chi connectivity index (χ2n) is 8.03. The number of ether oxygens (including phenoxy) is 1. The normalized spacial score (nSPS) is 14.1. The minimum atomic E-state index is -1.02. The van der Waals surface area contributed by atoms with Crippen molar-refractivity contribution in [3.8, 4) is 0 Å². The number of pyridine rings is 1. The van der Waals surface area contributed by atoms with Crippen molar-refractivity contribution < 1.29 is 19.1 Å². The van der Waals surface area contributed by atoms with E-state index in [2.05, 4.69) is 15.6 Å². The second-order valence-corrected chi connectivity index (χ2v) is 8.47. The lowest BCUT2D eigenvalue weighted by Gasteiger charge is -2.20. The first-order valence-electron chi connectivity index (χ1n) is 11.1. The molecule has 2 N–H and O–H groups in total. The lowest BCUT2D eigenvalue weighted by molar-refractivity contribution is -0.138. The number of nitrogens with zero attached hydrogens (tertiary/aromatic N) is 2. The topological polar surface area (TPSA) is 101 Å². The average molecular weight is 481 g/mol. The van der Waals surface area contributed by atoms with Gasteiger partial charge in [0.2, 0.25) is 11.8 Å². The van der Waals surface area contributed by atoms with Gasteiger partial charge in [-0.1, -0.05) is 48.0 Å². The number of hydrogen-bond donors (Lipinski definition) is 2. The third-order valence-corrected chi connectivity index (χ3v) is 5.83. The second kappa shape index (κ2) is 11.1. The maximum Gasteiger partial charge on any atom is 0.251 e. The molecular formula is C25H25ClN4O4. The fourth-order valence-electron chi connectivity index (χ4n) is 3.90. The van der Waals surface area contributed by atoms with E-state index in [1.807, 2.05) is 24.3 Å². The summed E-state index contributed by atoms with van der Waals surface area (Å²) >= 11 is 6.13. The van der Waals surface area contributed by atoms with Crippen LogP contribution < -0.4 is 10.6 Å². The SMILES string of the molecule is O=C(COCC(=O)N1CCCC1)NC(C(=O)Nc1cncc2ccccc12)c1cccc(Cl)c1. The third kappa shape index (κ3) is 5.89. The number of benzene rings is 2.